The van der Waals surface area contributed by atoms with Crippen LogP contribution in [0.15, 0.2) is 30.3 Å². The third-order valence-electron chi connectivity index (χ3n) is 2.37. The highest BCUT2D eigenvalue weighted by Gasteiger charge is 2.09. The number of benzene rings is 1. The molecule has 2 amide bonds. The van der Waals surface area contributed by atoms with Gasteiger partial charge < -0.3 is 11.1 Å². The number of primary amides is 1. The number of nitrogens with one attached hydrogen (secondary N) is 2. The van der Waals surface area contributed by atoms with Crippen molar-refractivity contribution in [2.24, 2.45) is 5.73 Å². The minimum atomic E-state index is -0.504. The van der Waals surface area contributed by atoms with E-state index in [1.54, 1.807) is 30.3 Å². The zero-order valence-corrected chi connectivity index (χ0v) is 9.73. The minimum absolute atomic E-state index is 0.312. The van der Waals surface area contributed by atoms with E-state index in [1.807, 2.05) is 6.92 Å². The molecule has 18 heavy (non-hydrogen) atoms. The van der Waals surface area contributed by atoms with Crippen LogP contribution in [0.2, 0.25) is 0 Å². The van der Waals surface area contributed by atoms with Crippen LogP contribution in [0.3, 0.4) is 0 Å². The van der Waals surface area contributed by atoms with E-state index in [4.69, 9.17) is 5.73 Å². The lowest BCUT2D eigenvalue weighted by Gasteiger charge is -2.03. The van der Waals surface area contributed by atoms with Gasteiger partial charge in [-0.2, -0.15) is 5.10 Å². The van der Waals surface area contributed by atoms with Gasteiger partial charge in [0.25, 0.3) is 5.91 Å². The molecule has 1 heterocycles. The SMILES string of the molecule is Cc1cc(C(=O)Nc2ccc(C(N)=O)cc2)n[nH]1. The Labute approximate surface area is 103 Å². The van der Waals surface area contributed by atoms with Gasteiger partial charge in [-0.25, -0.2) is 0 Å². The standard InChI is InChI=1S/C12H12N4O2/c1-7-6-10(16-15-7)12(18)14-9-4-2-8(3-5-9)11(13)17/h2-6H,1H3,(H2,13,17)(H,14,18)(H,15,16). The first-order chi connectivity index (χ1) is 8.56. The molecule has 0 saturated carbocycles. The van der Waals surface area contributed by atoms with Crippen molar-refractivity contribution in [2.45, 2.75) is 6.92 Å². The molecule has 0 atom stereocenters. The van der Waals surface area contributed by atoms with Crippen LogP contribution >= 0.6 is 0 Å². The molecule has 0 bridgehead atoms. The summed E-state index contributed by atoms with van der Waals surface area (Å²) in [4.78, 5) is 22.6. The van der Waals surface area contributed by atoms with Gasteiger partial charge in [0.15, 0.2) is 5.69 Å². The van der Waals surface area contributed by atoms with E-state index >= 15 is 0 Å². The number of hydrogen-bond donors (Lipinski definition) is 3. The van der Waals surface area contributed by atoms with Crippen LogP contribution < -0.4 is 11.1 Å². The fourth-order valence-corrected chi connectivity index (χ4v) is 1.45. The molecule has 2 aromatic rings. The largest absolute Gasteiger partial charge is 0.366 e. The van der Waals surface area contributed by atoms with E-state index in [2.05, 4.69) is 15.5 Å². The quantitative estimate of drug-likeness (QED) is 0.752. The average molecular weight is 244 g/mol. The number of rotatable bonds is 3. The fourth-order valence-electron chi connectivity index (χ4n) is 1.45. The lowest BCUT2D eigenvalue weighted by molar-refractivity contribution is 0.0998. The van der Waals surface area contributed by atoms with Gasteiger partial charge in [0.2, 0.25) is 5.91 Å². The van der Waals surface area contributed by atoms with E-state index < -0.39 is 5.91 Å². The van der Waals surface area contributed by atoms with Gasteiger partial charge in [0.05, 0.1) is 0 Å². The Balaban J connectivity index is 2.10. The summed E-state index contributed by atoms with van der Waals surface area (Å²) in [7, 11) is 0. The predicted molar refractivity (Wildman–Crippen MR) is 66.2 cm³/mol. The van der Waals surface area contributed by atoms with Crippen LogP contribution in [0, 0.1) is 6.92 Å². The summed E-state index contributed by atoms with van der Waals surface area (Å²) in [6, 6.07) is 7.96. The maximum Gasteiger partial charge on any atom is 0.276 e. The molecule has 92 valence electrons. The third-order valence-corrected chi connectivity index (χ3v) is 2.37. The highest BCUT2D eigenvalue weighted by Crippen LogP contribution is 2.10. The van der Waals surface area contributed by atoms with Crippen molar-refractivity contribution in [1.82, 2.24) is 10.2 Å². The lowest BCUT2D eigenvalue weighted by atomic mass is 10.2. The molecule has 0 spiro atoms. The van der Waals surface area contributed by atoms with E-state index in [0.29, 0.717) is 16.9 Å². The second-order valence-electron chi connectivity index (χ2n) is 3.83. The number of carbonyl (C=O) groups is 2. The van der Waals surface area contributed by atoms with Crippen molar-refractivity contribution < 1.29 is 9.59 Å². The second kappa shape index (κ2) is 4.70. The van der Waals surface area contributed by atoms with Gasteiger partial charge in [-0.15, -0.1) is 0 Å². The molecule has 0 fully saturated rings. The topological polar surface area (TPSA) is 101 Å². The second-order valence-corrected chi connectivity index (χ2v) is 3.83. The van der Waals surface area contributed by atoms with Crippen LogP contribution in [-0.2, 0) is 0 Å². The Bertz CT molecular complexity index is 586. The molecule has 0 unspecified atom stereocenters. The van der Waals surface area contributed by atoms with Gasteiger partial charge in [-0.05, 0) is 37.3 Å². The molecule has 0 aliphatic heterocycles. The lowest BCUT2D eigenvalue weighted by Crippen LogP contribution is -2.13. The van der Waals surface area contributed by atoms with Crippen LogP contribution in [0.25, 0.3) is 0 Å². The molecule has 6 heteroatoms. The number of aryl methyl sites for hydroxylation is 1. The zero-order valence-electron chi connectivity index (χ0n) is 9.73. The Morgan fingerprint density at radius 3 is 2.44 bits per heavy atom. The van der Waals surface area contributed by atoms with E-state index in [9.17, 15) is 9.59 Å². The molecular weight excluding hydrogens is 232 g/mol. The number of H-pyrrole nitrogens is 1. The maximum atomic E-state index is 11.8. The van der Waals surface area contributed by atoms with E-state index in [1.165, 1.54) is 0 Å². The predicted octanol–water partition coefficient (Wildman–Crippen LogP) is 1.07. The molecule has 0 radical (unpaired) electrons. The Kier molecular flexibility index (Phi) is 3.09. The maximum absolute atomic E-state index is 11.8. The zero-order chi connectivity index (χ0) is 13.1. The Hall–Kier alpha value is -2.63. The molecule has 0 aliphatic rings. The Morgan fingerprint density at radius 2 is 1.94 bits per heavy atom. The smallest absolute Gasteiger partial charge is 0.276 e. The first-order valence-corrected chi connectivity index (χ1v) is 5.29. The molecule has 0 aliphatic carbocycles. The summed E-state index contributed by atoms with van der Waals surface area (Å²) >= 11 is 0. The van der Waals surface area contributed by atoms with Gasteiger partial charge in [-0.3, -0.25) is 14.7 Å². The molecule has 2 rings (SSSR count). The van der Waals surface area contributed by atoms with Crippen molar-refractivity contribution in [3.8, 4) is 0 Å². The van der Waals surface area contributed by atoms with E-state index in [-0.39, 0.29) is 5.91 Å². The van der Waals surface area contributed by atoms with Crippen LogP contribution in [0.5, 0.6) is 0 Å². The molecular formula is C12H12N4O2. The Morgan fingerprint density at radius 1 is 1.28 bits per heavy atom. The number of nitrogens with two attached hydrogens (primary N) is 1. The number of carbonyl (C=O) groups excluding carboxylic acids is 2. The summed E-state index contributed by atoms with van der Waals surface area (Å²) in [5.41, 5.74) is 7.21. The van der Waals surface area contributed by atoms with Gasteiger partial charge in [-0.1, -0.05) is 0 Å². The van der Waals surface area contributed by atoms with Crippen molar-refractivity contribution in [1.29, 1.82) is 0 Å². The van der Waals surface area contributed by atoms with Gasteiger partial charge in [0, 0.05) is 16.9 Å². The third kappa shape index (κ3) is 2.54. The van der Waals surface area contributed by atoms with Crippen LogP contribution in [0.1, 0.15) is 26.5 Å². The normalized spacial score (nSPS) is 10.1. The van der Waals surface area contributed by atoms with E-state index in [0.717, 1.165) is 5.69 Å². The van der Waals surface area contributed by atoms with Gasteiger partial charge in [0.1, 0.15) is 0 Å². The molecule has 4 N–H and O–H groups in total. The number of nitrogens with zero attached hydrogens (tertiary/aromatic N) is 1. The number of aromatic amines is 1. The number of anilines is 1. The van der Waals surface area contributed by atoms with Crippen molar-refractivity contribution in [3.05, 3.63) is 47.3 Å². The minimum Gasteiger partial charge on any atom is -0.366 e. The van der Waals surface area contributed by atoms with Gasteiger partial charge >= 0.3 is 0 Å². The first-order valence-electron chi connectivity index (χ1n) is 5.29. The van der Waals surface area contributed by atoms with Crippen molar-refractivity contribution in [2.75, 3.05) is 5.32 Å². The van der Waals surface area contributed by atoms with Crippen LogP contribution in [-0.4, -0.2) is 22.0 Å². The summed E-state index contributed by atoms with van der Waals surface area (Å²) in [5.74, 6) is -0.818. The molecule has 6 nitrogen and oxygen atoms in total. The number of amides is 2. The summed E-state index contributed by atoms with van der Waals surface area (Å²) in [6.07, 6.45) is 0. The first kappa shape index (κ1) is 11.8. The summed E-state index contributed by atoms with van der Waals surface area (Å²) in [5, 5.41) is 9.20. The molecule has 1 aromatic carbocycles. The molecule has 1 aromatic heterocycles. The van der Waals surface area contributed by atoms with Crippen molar-refractivity contribution >= 4 is 17.5 Å². The highest BCUT2D eigenvalue weighted by atomic mass is 16.2. The summed E-state index contributed by atoms with van der Waals surface area (Å²) < 4.78 is 0. The van der Waals surface area contributed by atoms with Crippen LogP contribution in [0.4, 0.5) is 5.69 Å². The number of aromatic nitrogens is 2. The van der Waals surface area contributed by atoms with Crippen molar-refractivity contribution in [3.63, 3.8) is 0 Å². The monoisotopic (exact) mass is 244 g/mol. The summed E-state index contributed by atoms with van der Waals surface area (Å²) in [6.45, 7) is 1.81. The fraction of sp³-hybridized carbons (Fsp3) is 0.0833. The highest BCUT2D eigenvalue weighted by molar-refractivity contribution is 6.03. The number of hydrogen-bond acceptors (Lipinski definition) is 3. The molecule has 0 saturated heterocycles. The average Bonchev–Trinajstić information content (AvgIpc) is 2.76.